The largest absolute Gasteiger partial charge is 0.456 e. The van der Waals surface area contributed by atoms with Gasteiger partial charge in [0.25, 0.3) is 0 Å². The summed E-state index contributed by atoms with van der Waals surface area (Å²) in [5, 5.41) is 2.20. The van der Waals surface area contributed by atoms with Crippen LogP contribution >= 0.6 is 0 Å². The van der Waals surface area contributed by atoms with Gasteiger partial charge in [-0.15, -0.1) is 0 Å². The SMILES string of the molecule is CC=C(C)c1nc(-c2ccccc2)nc(-c2ccc3c(c2)oc2ccccc23)n1. The summed E-state index contributed by atoms with van der Waals surface area (Å²) in [6, 6.07) is 24.2. The van der Waals surface area contributed by atoms with Gasteiger partial charge in [-0.05, 0) is 37.6 Å². The molecule has 0 unspecified atom stereocenters. The summed E-state index contributed by atoms with van der Waals surface area (Å²) in [6.07, 6.45) is 2.01. The molecule has 0 aliphatic carbocycles. The molecule has 0 aliphatic rings. The van der Waals surface area contributed by atoms with Crippen molar-refractivity contribution < 1.29 is 4.42 Å². The van der Waals surface area contributed by atoms with Gasteiger partial charge in [-0.1, -0.05) is 60.7 Å². The van der Waals surface area contributed by atoms with E-state index in [4.69, 9.17) is 14.4 Å². The van der Waals surface area contributed by atoms with Crippen LogP contribution in [0.15, 0.2) is 83.3 Å². The number of para-hydroxylation sites is 1. The molecule has 0 radical (unpaired) electrons. The third-order valence-electron chi connectivity index (χ3n) is 5.09. The molecule has 0 N–H and O–H groups in total. The topological polar surface area (TPSA) is 51.8 Å². The standard InChI is InChI=1S/C25H19N3O/c1-3-16(2)23-26-24(17-9-5-4-6-10-17)28-25(27-23)18-13-14-20-19-11-7-8-12-21(19)29-22(20)15-18/h3-15H,1-2H3. The lowest BCUT2D eigenvalue weighted by Crippen LogP contribution is -2.01. The molecule has 29 heavy (non-hydrogen) atoms. The van der Waals surface area contributed by atoms with Gasteiger partial charge in [-0.25, -0.2) is 15.0 Å². The molecule has 5 rings (SSSR count). The molecule has 0 aliphatic heterocycles. The summed E-state index contributed by atoms with van der Waals surface area (Å²) < 4.78 is 6.05. The molecule has 4 nitrogen and oxygen atoms in total. The number of fused-ring (bicyclic) bond motifs is 3. The minimum atomic E-state index is 0.636. The van der Waals surface area contributed by atoms with Crippen LogP contribution in [0.3, 0.4) is 0 Å². The van der Waals surface area contributed by atoms with Crippen molar-refractivity contribution in [2.75, 3.05) is 0 Å². The molecule has 4 heteroatoms. The Balaban J connectivity index is 1.71. The van der Waals surface area contributed by atoms with E-state index >= 15 is 0 Å². The third-order valence-corrected chi connectivity index (χ3v) is 5.09. The highest BCUT2D eigenvalue weighted by molar-refractivity contribution is 6.05. The van der Waals surface area contributed by atoms with Gasteiger partial charge in [-0.3, -0.25) is 0 Å². The highest BCUT2D eigenvalue weighted by atomic mass is 16.3. The third kappa shape index (κ3) is 3.09. The fraction of sp³-hybridized carbons (Fsp3) is 0.0800. The van der Waals surface area contributed by atoms with Crippen LogP contribution in [0, 0.1) is 0 Å². The average molecular weight is 377 g/mol. The fourth-order valence-corrected chi connectivity index (χ4v) is 3.39. The number of nitrogens with zero attached hydrogens (tertiary/aromatic N) is 3. The first-order valence-corrected chi connectivity index (χ1v) is 9.59. The van der Waals surface area contributed by atoms with Crippen molar-refractivity contribution in [2.45, 2.75) is 13.8 Å². The Bertz CT molecular complexity index is 1370. The van der Waals surface area contributed by atoms with Gasteiger partial charge in [0.15, 0.2) is 17.5 Å². The van der Waals surface area contributed by atoms with E-state index in [0.717, 1.165) is 38.6 Å². The van der Waals surface area contributed by atoms with Crippen LogP contribution in [0.4, 0.5) is 0 Å². The second-order valence-corrected chi connectivity index (χ2v) is 6.95. The maximum atomic E-state index is 6.05. The molecule has 0 saturated carbocycles. The first kappa shape index (κ1) is 17.3. The molecule has 2 heterocycles. The number of hydrogen-bond acceptors (Lipinski definition) is 4. The van der Waals surface area contributed by atoms with E-state index < -0.39 is 0 Å². The van der Waals surface area contributed by atoms with Crippen LogP contribution in [0.5, 0.6) is 0 Å². The Morgan fingerprint density at radius 2 is 1.41 bits per heavy atom. The smallest absolute Gasteiger partial charge is 0.164 e. The first-order valence-electron chi connectivity index (χ1n) is 9.59. The van der Waals surface area contributed by atoms with E-state index in [1.54, 1.807) is 0 Å². The molecule has 0 bridgehead atoms. The quantitative estimate of drug-likeness (QED) is 0.359. The van der Waals surface area contributed by atoms with Gasteiger partial charge < -0.3 is 4.42 Å². The van der Waals surface area contributed by atoms with Crippen LogP contribution in [0.2, 0.25) is 0 Å². The van der Waals surface area contributed by atoms with Gasteiger partial charge >= 0.3 is 0 Å². The highest BCUT2D eigenvalue weighted by Crippen LogP contribution is 2.31. The number of benzene rings is 3. The number of rotatable bonds is 3. The zero-order chi connectivity index (χ0) is 19.8. The molecule has 0 atom stereocenters. The van der Waals surface area contributed by atoms with Crippen molar-refractivity contribution in [1.82, 2.24) is 15.0 Å². The Kier molecular flexibility index (Phi) is 4.17. The van der Waals surface area contributed by atoms with Crippen LogP contribution in [-0.2, 0) is 0 Å². The van der Waals surface area contributed by atoms with Crippen molar-refractivity contribution in [3.63, 3.8) is 0 Å². The van der Waals surface area contributed by atoms with E-state index in [0.29, 0.717) is 17.5 Å². The zero-order valence-corrected chi connectivity index (χ0v) is 16.3. The van der Waals surface area contributed by atoms with E-state index in [-0.39, 0.29) is 0 Å². The lowest BCUT2D eigenvalue weighted by atomic mass is 10.1. The van der Waals surface area contributed by atoms with Gasteiger partial charge in [0.2, 0.25) is 0 Å². The number of hydrogen-bond donors (Lipinski definition) is 0. The van der Waals surface area contributed by atoms with Crippen LogP contribution in [0.25, 0.3) is 50.3 Å². The maximum Gasteiger partial charge on any atom is 0.164 e. The molecule has 0 spiro atoms. The predicted molar refractivity (Wildman–Crippen MR) is 117 cm³/mol. The minimum absolute atomic E-state index is 0.636. The number of furan rings is 1. The summed E-state index contributed by atoms with van der Waals surface area (Å²) >= 11 is 0. The van der Waals surface area contributed by atoms with Gasteiger partial charge in [-0.2, -0.15) is 0 Å². The van der Waals surface area contributed by atoms with E-state index in [9.17, 15) is 0 Å². The lowest BCUT2D eigenvalue weighted by Gasteiger charge is -2.08. The van der Waals surface area contributed by atoms with Crippen molar-refractivity contribution in [3.05, 3.63) is 84.7 Å². The molecule has 2 aromatic heterocycles. The molecular weight excluding hydrogens is 358 g/mol. The van der Waals surface area contributed by atoms with E-state index in [2.05, 4.69) is 17.1 Å². The first-order chi connectivity index (χ1) is 14.2. The normalized spacial score (nSPS) is 12.0. The van der Waals surface area contributed by atoms with Gasteiger partial charge in [0, 0.05) is 21.9 Å². The molecule has 3 aromatic carbocycles. The summed E-state index contributed by atoms with van der Waals surface area (Å²) in [6.45, 7) is 4.00. The Hall–Kier alpha value is -3.79. The average Bonchev–Trinajstić information content (AvgIpc) is 3.16. The fourth-order valence-electron chi connectivity index (χ4n) is 3.39. The second-order valence-electron chi connectivity index (χ2n) is 6.95. The Morgan fingerprint density at radius 3 is 2.21 bits per heavy atom. The summed E-state index contributed by atoms with van der Waals surface area (Å²) in [5.74, 6) is 1.98. The molecule has 140 valence electrons. The number of allylic oxidation sites excluding steroid dienone is 2. The summed E-state index contributed by atoms with van der Waals surface area (Å²) in [7, 11) is 0. The Morgan fingerprint density at radius 1 is 0.724 bits per heavy atom. The van der Waals surface area contributed by atoms with E-state index in [1.165, 1.54) is 0 Å². The van der Waals surface area contributed by atoms with Crippen LogP contribution in [-0.4, -0.2) is 15.0 Å². The summed E-state index contributed by atoms with van der Waals surface area (Å²) in [5.41, 5.74) is 4.59. The molecular formula is C25H19N3O. The van der Waals surface area contributed by atoms with Crippen molar-refractivity contribution in [3.8, 4) is 22.8 Å². The van der Waals surface area contributed by atoms with Crippen molar-refractivity contribution >= 4 is 27.5 Å². The van der Waals surface area contributed by atoms with Crippen molar-refractivity contribution in [1.29, 1.82) is 0 Å². The van der Waals surface area contributed by atoms with Crippen molar-refractivity contribution in [2.24, 2.45) is 0 Å². The molecule has 0 saturated heterocycles. The number of aromatic nitrogens is 3. The molecule has 5 aromatic rings. The van der Waals surface area contributed by atoms with Gasteiger partial charge in [0.1, 0.15) is 11.2 Å². The maximum absolute atomic E-state index is 6.05. The van der Waals surface area contributed by atoms with Crippen LogP contribution < -0.4 is 0 Å². The minimum Gasteiger partial charge on any atom is -0.456 e. The summed E-state index contributed by atoms with van der Waals surface area (Å²) in [4.78, 5) is 14.2. The lowest BCUT2D eigenvalue weighted by molar-refractivity contribution is 0.669. The Labute approximate surface area is 168 Å². The van der Waals surface area contributed by atoms with E-state index in [1.807, 2.05) is 80.6 Å². The monoisotopic (exact) mass is 377 g/mol. The molecule has 0 fully saturated rings. The highest BCUT2D eigenvalue weighted by Gasteiger charge is 2.13. The van der Waals surface area contributed by atoms with Gasteiger partial charge in [0.05, 0.1) is 0 Å². The molecule has 0 amide bonds. The predicted octanol–water partition coefficient (Wildman–Crippen LogP) is 6.53. The zero-order valence-electron chi connectivity index (χ0n) is 16.3. The second kappa shape index (κ2) is 6.99. The van der Waals surface area contributed by atoms with Crippen LogP contribution in [0.1, 0.15) is 19.7 Å².